The topological polar surface area (TPSA) is 20.2 Å². The third-order valence-electron chi connectivity index (χ3n) is 4.18. The van der Waals surface area contributed by atoms with Gasteiger partial charge in [0.1, 0.15) is 5.75 Å². The van der Waals surface area contributed by atoms with E-state index in [4.69, 9.17) is 0 Å². The number of phenolic OH excluding ortho intramolecular Hbond substituents is 1. The molecule has 1 fully saturated rings. The molecule has 0 saturated heterocycles. The fourth-order valence-corrected chi connectivity index (χ4v) is 2.91. The molecule has 0 radical (unpaired) electrons. The summed E-state index contributed by atoms with van der Waals surface area (Å²) in [5.74, 6) is 2.53. The van der Waals surface area contributed by atoms with Crippen molar-refractivity contribution in [1.82, 2.24) is 0 Å². The van der Waals surface area contributed by atoms with E-state index in [1.54, 1.807) is 0 Å². The maximum absolute atomic E-state index is 10.2. The lowest BCUT2D eigenvalue weighted by atomic mass is 9.75. The normalized spacial score (nSPS) is 25.6. The lowest BCUT2D eigenvalue weighted by Gasteiger charge is -2.30. The summed E-state index contributed by atoms with van der Waals surface area (Å²) in [5, 5.41) is 10.2. The van der Waals surface area contributed by atoms with Gasteiger partial charge in [0.15, 0.2) is 0 Å². The maximum atomic E-state index is 10.2. The van der Waals surface area contributed by atoms with E-state index in [2.05, 4.69) is 26.0 Å². The molecule has 2 aliphatic rings. The number of rotatable bonds is 2. The van der Waals surface area contributed by atoms with Crippen molar-refractivity contribution in [2.75, 3.05) is 0 Å². The summed E-state index contributed by atoms with van der Waals surface area (Å²) in [6.07, 6.45) is 3.82. The Labute approximate surface area is 91.1 Å². The summed E-state index contributed by atoms with van der Waals surface area (Å²) in [6, 6.07) is 4.35. The molecule has 1 N–H and O–H groups in total. The van der Waals surface area contributed by atoms with Crippen LogP contribution in [0.2, 0.25) is 0 Å². The number of aromatic hydroxyl groups is 1. The minimum absolute atomic E-state index is 0.545. The van der Waals surface area contributed by atoms with Crippen molar-refractivity contribution in [1.29, 1.82) is 0 Å². The third-order valence-corrected chi connectivity index (χ3v) is 4.18. The lowest BCUT2D eigenvalue weighted by molar-refractivity contribution is 0.436. The number of hydrogen-bond donors (Lipinski definition) is 1. The standard InChI is InChI=1S/C14H18O/c1-8-7-11-5-6-12(14(15)13(8)11)9(2)10-3-4-10/h5-6,8-10,15H,3-4,7H2,1-2H3/t8-,9+/m1/s1. The molecule has 2 aliphatic carbocycles. The van der Waals surface area contributed by atoms with Crippen LogP contribution in [-0.4, -0.2) is 5.11 Å². The van der Waals surface area contributed by atoms with Gasteiger partial charge >= 0.3 is 0 Å². The Hall–Kier alpha value is -0.980. The zero-order valence-electron chi connectivity index (χ0n) is 9.46. The second-order valence-electron chi connectivity index (χ2n) is 5.31. The minimum Gasteiger partial charge on any atom is -0.507 e. The molecule has 80 valence electrons. The zero-order chi connectivity index (χ0) is 10.6. The van der Waals surface area contributed by atoms with E-state index >= 15 is 0 Å². The summed E-state index contributed by atoms with van der Waals surface area (Å²) in [6.45, 7) is 4.45. The largest absolute Gasteiger partial charge is 0.507 e. The second-order valence-corrected chi connectivity index (χ2v) is 5.31. The van der Waals surface area contributed by atoms with Crippen molar-refractivity contribution in [2.45, 2.75) is 44.9 Å². The second kappa shape index (κ2) is 3.01. The van der Waals surface area contributed by atoms with Crippen LogP contribution in [0.15, 0.2) is 12.1 Å². The van der Waals surface area contributed by atoms with E-state index in [-0.39, 0.29) is 0 Å². The summed E-state index contributed by atoms with van der Waals surface area (Å²) in [5.41, 5.74) is 3.76. The van der Waals surface area contributed by atoms with Crippen molar-refractivity contribution in [2.24, 2.45) is 5.92 Å². The Balaban J connectivity index is 2.01. The van der Waals surface area contributed by atoms with Crippen molar-refractivity contribution in [3.63, 3.8) is 0 Å². The van der Waals surface area contributed by atoms with Crippen molar-refractivity contribution in [3.05, 3.63) is 28.8 Å². The molecule has 1 nitrogen and oxygen atoms in total. The molecular formula is C14H18O. The molecule has 1 aromatic carbocycles. The van der Waals surface area contributed by atoms with E-state index in [1.165, 1.54) is 29.5 Å². The van der Waals surface area contributed by atoms with Crippen LogP contribution < -0.4 is 0 Å². The molecule has 3 rings (SSSR count). The van der Waals surface area contributed by atoms with E-state index in [0.717, 1.165) is 12.3 Å². The highest BCUT2D eigenvalue weighted by Gasteiger charge is 2.33. The number of fused-ring (bicyclic) bond motifs is 1. The maximum Gasteiger partial charge on any atom is 0.122 e. The van der Waals surface area contributed by atoms with Crippen LogP contribution in [0.4, 0.5) is 0 Å². The van der Waals surface area contributed by atoms with Gasteiger partial charge in [0.25, 0.3) is 0 Å². The van der Waals surface area contributed by atoms with E-state index in [1.807, 2.05) is 0 Å². The van der Waals surface area contributed by atoms with Gasteiger partial charge in [0.05, 0.1) is 0 Å². The fraction of sp³-hybridized carbons (Fsp3) is 0.571. The van der Waals surface area contributed by atoms with E-state index < -0.39 is 0 Å². The first kappa shape index (κ1) is 9.26. The smallest absolute Gasteiger partial charge is 0.122 e. The molecule has 2 atom stereocenters. The van der Waals surface area contributed by atoms with Gasteiger partial charge in [-0.2, -0.15) is 0 Å². The number of benzene rings is 1. The van der Waals surface area contributed by atoms with Gasteiger partial charge in [-0.3, -0.25) is 0 Å². The first-order chi connectivity index (χ1) is 7.18. The lowest BCUT2D eigenvalue weighted by Crippen LogP contribution is -2.15. The average molecular weight is 202 g/mol. The molecule has 0 unspecified atom stereocenters. The van der Waals surface area contributed by atoms with Gasteiger partial charge in [-0.25, -0.2) is 0 Å². The van der Waals surface area contributed by atoms with Crippen LogP contribution in [0.25, 0.3) is 0 Å². The van der Waals surface area contributed by atoms with Crippen LogP contribution in [0.5, 0.6) is 5.75 Å². The predicted octanol–water partition coefficient (Wildman–Crippen LogP) is 3.57. The van der Waals surface area contributed by atoms with Crippen LogP contribution in [-0.2, 0) is 6.42 Å². The highest BCUT2D eigenvalue weighted by atomic mass is 16.3. The Morgan fingerprint density at radius 1 is 1.33 bits per heavy atom. The molecule has 0 aromatic heterocycles. The van der Waals surface area contributed by atoms with Crippen LogP contribution in [0, 0.1) is 5.92 Å². The Morgan fingerprint density at radius 3 is 2.67 bits per heavy atom. The number of hydrogen-bond acceptors (Lipinski definition) is 1. The first-order valence-electron chi connectivity index (χ1n) is 6.03. The molecule has 0 amide bonds. The third kappa shape index (κ3) is 1.29. The molecule has 0 aliphatic heterocycles. The highest BCUT2D eigenvalue weighted by molar-refractivity contribution is 5.54. The van der Waals surface area contributed by atoms with Crippen LogP contribution >= 0.6 is 0 Å². The zero-order valence-corrected chi connectivity index (χ0v) is 9.46. The molecule has 1 heteroatoms. The van der Waals surface area contributed by atoms with Crippen LogP contribution in [0.3, 0.4) is 0 Å². The van der Waals surface area contributed by atoms with Crippen molar-refractivity contribution >= 4 is 0 Å². The molecule has 15 heavy (non-hydrogen) atoms. The van der Waals surface area contributed by atoms with Crippen molar-refractivity contribution in [3.8, 4) is 5.75 Å². The highest BCUT2D eigenvalue weighted by Crippen LogP contribution is 2.49. The molecule has 0 bridgehead atoms. The number of phenols is 1. The predicted molar refractivity (Wildman–Crippen MR) is 61.4 cm³/mol. The van der Waals surface area contributed by atoms with Gasteiger partial charge in [0.2, 0.25) is 0 Å². The summed E-state index contributed by atoms with van der Waals surface area (Å²) in [7, 11) is 0. The van der Waals surface area contributed by atoms with Crippen molar-refractivity contribution < 1.29 is 5.11 Å². The molecule has 0 spiro atoms. The first-order valence-corrected chi connectivity index (χ1v) is 6.03. The SMILES string of the molecule is C[C@@H]1Cc2ccc([C@@H](C)C3CC3)c(O)c21. The Bertz CT molecular complexity index is 404. The van der Waals surface area contributed by atoms with Gasteiger partial charge in [0, 0.05) is 5.56 Å². The van der Waals surface area contributed by atoms with Gasteiger partial charge in [-0.1, -0.05) is 26.0 Å². The van der Waals surface area contributed by atoms with Gasteiger partial charge in [-0.05, 0) is 48.1 Å². The molecular weight excluding hydrogens is 184 g/mol. The monoisotopic (exact) mass is 202 g/mol. The van der Waals surface area contributed by atoms with E-state index in [0.29, 0.717) is 17.6 Å². The van der Waals surface area contributed by atoms with E-state index in [9.17, 15) is 5.11 Å². The molecule has 0 heterocycles. The fourth-order valence-electron chi connectivity index (χ4n) is 2.91. The average Bonchev–Trinajstić information content (AvgIpc) is 2.98. The quantitative estimate of drug-likeness (QED) is 0.777. The molecule has 1 aromatic rings. The summed E-state index contributed by atoms with van der Waals surface area (Å²) >= 11 is 0. The molecule has 1 saturated carbocycles. The van der Waals surface area contributed by atoms with Crippen LogP contribution in [0.1, 0.15) is 55.2 Å². The Kier molecular flexibility index (Phi) is 1.86. The Morgan fingerprint density at radius 2 is 2.07 bits per heavy atom. The summed E-state index contributed by atoms with van der Waals surface area (Å²) in [4.78, 5) is 0. The minimum atomic E-state index is 0.545. The summed E-state index contributed by atoms with van der Waals surface area (Å²) < 4.78 is 0. The van der Waals surface area contributed by atoms with Gasteiger partial charge < -0.3 is 5.11 Å². The van der Waals surface area contributed by atoms with Gasteiger partial charge in [-0.15, -0.1) is 0 Å².